The number of rotatable bonds is 6. The summed E-state index contributed by atoms with van der Waals surface area (Å²) in [6, 6.07) is 2.16. The normalized spacial score (nSPS) is 12.6. The number of nitrogens with zero attached hydrogens (tertiary/aromatic N) is 3. The SMILES string of the molecule is CC(Cc1ccsc1)Nc1c([N+](=O)[O-])c(C(C)C)nn1C. The summed E-state index contributed by atoms with van der Waals surface area (Å²) in [5.41, 5.74) is 1.84. The first-order valence-corrected chi connectivity index (χ1v) is 7.83. The Hall–Kier alpha value is -1.89. The van der Waals surface area contributed by atoms with Gasteiger partial charge in [-0.25, -0.2) is 4.68 Å². The summed E-state index contributed by atoms with van der Waals surface area (Å²) in [7, 11) is 1.73. The number of hydrogen-bond donors (Lipinski definition) is 1. The van der Waals surface area contributed by atoms with Gasteiger partial charge in [-0.05, 0) is 35.7 Å². The van der Waals surface area contributed by atoms with Gasteiger partial charge in [0.25, 0.3) is 0 Å². The Bertz CT molecular complexity index is 619. The van der Waals surface area contributed by atoms with Crippen LogP contribution < -0.4 is 5.32 Å². The van der Waals surface area contributed by atoms with Crippen LogP contribution in [0.4, 0.5) is 11.5 Å². The molecule has 0 amide bonds. The number of nitrogens with one attached hydrogen (secondary N) is 1. The van der Waals surface area contributed by atoms with E-state index in [0.29, 0.717) is 11.5 Å². The molecule has 6 nitrogen and oxygen atoms in total. The lowest BCUT2D eigenvalue weighted by Crippen LogP contribution is -2.20. The fourth-order valence-corrected chi connectivity index (χ4v) is 2.99. The van der Waals surface area contributed by atoms with E-state index in [4.69, 9.17) is 0 Å². The first kappa shape index (κ1) is 15.5. The number of thiophene rings is 1. The number of aryl methyl sites for hydroxylation is 1. The summed E-state index contributed by atoms with van der Waals surface area (Å²) in [5.74, 6) is 0.491. The van der Waals surface area contributed by atoms with Crippen molar-refractivity contribution in [3.05, 3.63) is 38.2 Å². The van der Waals surface area contributed by atoms with E-state index in [0.717, 1.165) is 6.42 Å². The minimum absolute atomic E-state index is 0.0133. The van der Waals surface area contributed by atoms with Crippen molar-refractivity contribution in [3.63, 3.8) is 0 Å². The molecule has 1 unspecified atom stereocenters. The second kappa shape index (κ2) is 6.26. The Labute approximate surface area is 127 Å². The molecule has 0 aliphatic rings. The zero-order valence-electron chi connectivity index (χ0n) is 12.7. The lowest BCUT2D eigenvalue weighted by molar-refractivity contribution is -0.384. The second-order valence-corrected chi connectivity index (χ2v) is 6.28. The fraction of sp³-hybridized carbons (Fsp3) is 0.500. The van der Waals surface area contributed by atoms with Crippen LogP contribution in [0.25, 0.3) is 0 Å². The standard InChI is InChI=1S/C14H20N4O2S/c1-9(2)12-13(18(19)20)14(17(4)16-12)15-10(3)7-11-5-6-21-8-11/h5-6,8-10,15H,7H2,1-4H3. The maximum Gasteiger partial charge on any atom is 0.334 e. The van der Waals surface area contributed by atoms with E-state index in [1.165, 1.54) is 5.56 Å². The molecule has 114 valence electrons. The Morgan fingerprint density at radius 3 is 2.71 bits per heavy atom. The van der Waals surface area contributed by atoms with Gasteiger partial charge in [0.05, 0.1) is 4.92 Å². The maximum atomic E-state index is 11.4. The van der Waals surface area contributed by atoms with Gasteiger partial charge in [0.15, 0.2) is 0 Å². The molecule has 0 spiro atoms. The molecule has 2 aromatic rings. The first-order valence-electron chi connectivity index (χ1n) is 6.89. The third-order valence-corrected chi connectivity index (χ3v) is 4.01. The van der Waals surface area contributed by atoms with Crippen molar-refractivity contribution in [3.8, 4) is 0 Å². The molecular weight excluding hydrogens is 288 g/mol. The molecule has 2 aromatic heterocycles. The molecule has 2 heterocycles. The third-order valence-electron chi connectivity index (χ3n) is 3.28. The molecule has 0 radical (unpaired) electrons. The molecule has 0 fully saturated rings. The Morgan fingerprint density at radius 1 is 1.48 bits per heavy atom. The first-order chi connectivity index (χ1) is 9.90. The molecule has 7 heteroatoms. The van der Waals surface area contributed by atoms with E-state index < -0.39 is 0 Å². The minimum atomic E-state index is -0.345. The fourth-order valence-electron chi connectivity index (χ4n) is 2.31. The molecule has 1 atom stereocenters. The molecule has 0 aromatic carbocycles. The van der Waals surface area contributed by atoms with Gasteiger partial charge in [0.1, 0.15) is 5.69 Å². The predicted molar refractivity (Wildman–Crippen MR) is 85.1 cm³/mol. The lowest BCUT2D eigenvalue weighted by atomic mass is 10.1. The van der Waals surface area contributed by atoms with E-state index in [1.54, 1.807) is 23.1 Å². The molecule has 1 N–H and O–H groups in total. The van der Waals surface area contributed by atoms with Crippen molar-refractivity contribution < 1.29 is 4.92 Å². The van der Waals surface area contributed by atoms with Crippen LogP contribution >= 0.6 is 11.3 Å². The summed E-state index contributed by atoms with van der Waals surface area (Å²) in [6.45, 7) is 5.84. The summed E-state index contributed by atoms with van der Waals surface area (Å²) in [4.78, 5) is 11.0. The van der Waals surface area contributed by atoms with E-state index >= 15 is 0 Å². The molecule has 0 saturated heterocycles. The molecule has 2 rings (SSSR count). The molecule has 0 bridgehead atoms. The Kier molecular flexibility index (Phi) is 4.62. The lowest BCUT2D eigenvalue weighted by Gasteiger charge is -2.14. The number of hydrogen-bond acceptors (Lipinski definition) is 5. The van der Waals surface area contributed by atoms with Gasteiger partial charge in [-0.1, -0.05) is 13.8 Å². The van der Waals surface area contributed by atoms with Crippen molar-refractivity contribution in [2.45, 2.75) is 39.2 Å². The molecule has 21 heavy (non-hydrogen) atoms. The zero-order chi connectivity index (χ0) is 15.6. The number of aromatic nitrogens is 2. The number of nitro groups is 1. The summed E-state index contributed by atoms with van der Waals surface area (Å²) < 4.78 is 1.57. The number of anilines is 1. The average molecular weight is 308 g/mol. The van der Waals surface area contributed by atoms with Crippen LogP contribution in [0.3, 0.4) is 0 Å². The van der Waals surface area contributed by atoms with Gasteiger partial charge in [-0.15, -0.1) is 0 Å². The van der Waals surface area contributed by atoms with Gasteiger partial charge in [-0.2, -0.15) is 16.4 Å². The van der Waals surface area contributed by atoms with Gasteiger partial charge in [0.2, 0.25) is 5.82 Å². The minimum Gasteiger partial charge on any atom is -0.362 e. The van der Waals surface area contributed by atoms with E-state index in [1.807, 2.05) is 26.2 Å². The summed E-state index contributed by atoms with van der Waals surface area (Å²) in [6.07, 6.45) is 0.822. The van der Waals surface area contributed by atoms with Gasteiger partial charge in [-0.3, -0.25) is 10.1 Å². The van der Waals surface area contributed by atoms with Crippen molar-refractivity contribution in [2.24, 2.45) is 7.05 Å². The molecular formula is C14H20N4O2S. The topological polar surface area (TPSA) is 73.0 Å². The largest absolute Gasteiger partial charge is 0.362 e. The van der Waals surface area contributed by atoms with E-state index in [-0.39, 0.29) is 22.6 Å². The molecule has 0 saturated carbocycles. The smallest absolute Gasteiger partial charge is 0.334 e. The van der Waals surface area contributed by atoms with Crippen molar-refractivity contribution in [1.82, 2.24) is 9.78 Å². The van der Waals surface area contributed by atoms with E-state index in [2.05, 4.69) is 21.9 Å². The molecule has 0 aliphatic carbocycles. The maximum absolute atomic E-state index is 11.4. The Balaban J connectivity index is 2.24. The Morgan fingerprint density at radius 2 is 2.19 bits per heavy atom. The summed E-state index contributed by atoms with van der Waals surface area (Å²) >= 11 is 1.65. The van der Waals surface area contributed by atoms with Crippen LogP contribution in [-0.2, 0) is 13.5 Å². The van der Waals surface area contributed by atoms with Crippen molar-refractivity contribution in [1.29, 1.82) is 0 Å². The highest BCUT2D eigenvalue weighted by molar-refractivity contribution is 7.07. The quantitative estimate of drug-likeness (QED) is 0.654. The van der Waals surface area contributed by atoms with Crippen LogP contribution in [-0.4, -0.2) is 20.7 Å². The molecule has 0 aliphatic heterocycles. The second-order valence-electron chi connectivity index (χ2n) is 5.50. The van der Waals surface area contributed by atoms with Gasteiger partial charge in [0, 0.05) is 19.0 Å². The third kappa shape index (κ3) is 3.41. The zero-order valence-corrected chi connectivity index (χ0v) is 13.5. The average Bonchev–Trinajstić information content (AvgIpc) is 2.98. The monoisotopic (exact) mass is 308 g/mol. The van der Waals surface area contributed by atoms with Crippen LogP contribution in [0.5, 0.6) is 0 Å². The van der Waals surface area contributed by atoms with Gasteiger partial charge < -0.3 is 5.32 Å². The van der Waals surface area contributed by atoms with Crippen molar-refractivity contribution in [2.75, 3.05) is 5.32 Å². The van der Waals surface area contributed by atoms with Crippen molar-refractivity contribution >= 4 is 22.8 Å². The van der Waals surface area contributed by atoms with Crippen LogP contribution in [0, 0.1) is 10.1 Å². The summed E-state index contributed by atoms with van der Waals surface area (Å²) in [5, 5.41) is 23.0. The highest BCUT2D eigenvalue weighted by Crippen LogP contribution is 2.33. The van der Waals surface area contributed by atoms with E-state index in [9.17, 15) is 10.1 Å². The van der Waals surface area contributed by atoms with Crippen LogP contribution in [0.2, 0.25) is 0 Å². The van der Waals surface area contributed by atoms with Gasteiger partial charge >= 0.3 is 5.69 Å². The van der Waals surface area contributed by atoms with Crippen LogP contribution in [0.15, 0.2) is 16.8 Å². The van der Waals surface area contributed by atoms with Crippen LogP contribution in [0.1, 0.15) is 37.9 Å². The highest BCUT2D eigenvalue weighted by Gasteiger charge is 2.29. The predicted octanol–water partition coefficient (Wildman–Crippen LogP) is 3.56. The highest BCUT2D eigenvalue weighted by atomic mass is 32.1.